The minimum atomic E-state index is 0.774. The maximum atomic E-state index is 6.20. The molecule has 190 valence electrons. The third kappa shape index (κ3) is 3.58. The second-order valence-electron chi connectivity index (χ2n) is 9.54. The standard InChI is InChI=1S/C34H22N4O2/c1-5-13-31-27(9-1)37(28-10-2-6-14-32(28)39-31)23-17-19-35-25(21-23)26-22-24(18-20-36-26)38-29-11-3-7-15-33(29)40-34-16-8-4-12-30(34)38/h1-22H. The topological polar surface area (TPSA) is 50.7 Å². The van der Waals surface area contributed by atoms with Gasteiger partial charge in [0, 0.05) is 12.4 Å². The van der Waals surface area contributed by atoms with Crippen molar-refractivity contribution < 1.29 is 9.47 Å². The molecule has 0 atom stereocenters. The Hall–Kier alpha value is -5.62. The summed E-state index contributed by atoms with van der Waals surface area (Å²) in [6.07, 6.45) is 3.66. The molecule has 40 heavy (non-hydrogen) atoms. The molecule has 4 aromatic carbocycles. The minimum Gasteiger partial charge on any atom is -0.453 e. The van der Waals surface area contributed by atoms with Crippen molar-refractivity contribution in [2.24, 2.45) is 0 Å². The molecule has 8 rings (SSSR count). The Morgan fingerprint density at radius 2 is 0.725 bits per heavy atom. The van der Waals surface area contributed by atoms with Crippen LogP contribution in [0.2, 0.25) is 0 Å². The largest absolute Gasteiger partial charge is 0.453 e. The second-order valence-corrected chi connectivity index (χ2v) is 9.54. The van der Waals surface area contributed by atoms with Crippen LogP contribution in [-0.4, -0.2) is 9.97 Å². The van der Waals surface area contributed by atoms with Gasteiger partial charge >= 0.3 is 0 Å². The zero-order chi connectivity index (χ0) is 26.5. The van der Waals surface area contributed by atoms with Crippen LogP contribution in [0.5, 0.6) is 23.0 Å². The Labute approximate surface area is 231 Å². The average molecular weight is 519 g/mol. The van der Waals surface area contributed by atoms with E-state index in [0.717, 1.165) is 68.5 Å². The summed E-state index contributed by atoms with van der Waals surface area (Å²) >= 11 is 0. The lowest BCUT2D eigenvalue weighted by Crippen LogP contribution is -2.16. The molecule has 0 spiro atoms. The van der Waals surface area contributed by atoms with Gasteiger partial charge in [-0.3, -0.25) is 9.97 Å². The van der Waals surface area contributed by atoms with Gasteiger partial charge in [0.2, 0.25) is 0 Å². The first kappa shape index (κ1) is 22.4. The smallest absolute Gasteiger partial charge is 0.151 e. The van der Waals surface area contributed by atoms with Crippen molar-refractivity contribution in [3.8, 4) is 34.4 Å². The van der Waals surface area contributed by atoms with Crippen LogP contribution in [0, 0.1) is 0 Å². The number of ether oxygens (including phenoxy) is 2. The van der Waals surface area contributed by atoms with Gasteiger partial charge in [0.1, 0.15) is 0 Å². The summed E-state index contributed by atoms with van der Waals surface area (Å²) in [7, 11) is 0. The van der Waals surface area contributed by atoms with Gasteiger partial charge in [0.15, 0.2) is 23.0 Å². The van der Waals surface area contributed by atoms with Gasteiger partial charge in [-0.15, -0.1) is 0 Å². The molecule has 0 aliphatic carbocycles. The van der Waals surface area contributed by atoms with Crippen LogP contribution in [0.25, 0.3) is 11.4 Å². The molecule has 0 unspecified atom stereocenters. The molecule has 0 radical (unpaired) electrons. The van der Waals surface area contributed by atoms with Crippen molar-refractivity contribution in [2.45, 2.75) is 0 Å². The fraction of sp³-hybridized carbons (Fsp3) is 0. The van der Waals surface area contributed by atoms with Crippen molar-refractivity contribution in [3.05, 3.63) is 134 Å². The van der Waals surface area contributed by atoms with E-state index in [2.05, 4.69) is 46.2 Å². The van der Waals surface area contributed by atoms with Crippen molar-refractivity contribution >= 4 is 34.1 Å². The predicted molar refractivity (Wildman–Crippen MR) is 157 cm³/mol. The molecule has 0 amide bonds. The maximum Gasteiger partial charge on any atom is 0.151 e. The van der Waals surface area contributed by atoms with E-state index in [9.17, 15) is 0 Å². The Morgan fingerprint density at radius 1 is 0.400 bits per heavy atom. The second kappa shape index (κ2) is 8.99. The average Bonchev–Trinajstić information content (AvgIpc) is 3.02. The Bertz CT molecular complexity index is 1670. The molecule has 0 saturated heterocycles. The van der Waals surface area contributed by atoms with Gasteiger partial charge in [0.25, 0.3) is 0 Å². The van der Waals surface area contributed by atoms with Gasteiger partial charge in [0.05, 0.1) is 45.5 Å². The summed E-state index contributed by atoms with van der Waals surface area (Å²) in [4.78, 5) is 13.9. The molecule has 6 nitrogen and oxygen atoms in total. The molecule has 4 heterocycles. The SMILES string of the molecule is c1ccc2c(c1)Oc1ccccc1N2c1ccnc(-c2cc(N3c4ccccc4Oc4ccccc43)ccn2)c1. The molecule has 2 aliphatic heterocycles. The number of hydrogen-bond acceptors (Lipinski definition) is 6. The first-order valence-corrected chi connectivity index (χ1v) is 13.1. The first-order valence-electron chi connectivity index (χ1n) is 13.1. The number of fused-ring (bicyclic) bond motifs is 4. The van der Waals surface area contributed by atoms with E-state index in [1.165, 1.54) is 0 Å². The number of aromatic nitrogens is 2. The van der Waals surface area contributed by atoms with Crippen molar-refractivity contribution in [1.29, 1.82) is 0 Å². The maximum absolute atomic E-state index is 6.20. The van der Waals surface area contributed by atoms with E-state index >= 15 is 0 Å². The Morgan fingerprint density at radius 3 is 1.07 bits per heavy atom. The highest BCUT2D eigenvalue weighted by Gasteiger charge is 2.27. The lowest BCUT2D eigenvalue weighted by Gasteiger charge is -2.33. The van der Waals surface area contributed by atoms with Crippen LogP contribution >= 0.6 is 0 Å². The molecule has 0 bridgehead atoms. The number of pyridine rings is 2. The molecule has 0 N–H and O–H groups in total. The van der Waals surface area contributed by atoms with Crippen LogP contribution in [0.3, 0.4) is 0 Å². The van der Waals surface area contributed by atoms with E-state index in [0.29, 0.717) is 0 Å². The predicted octanol–water partition coefficient (Wildman–Crippen LogP) is 9.29. The third-order valence-electron chi connectivity index (χ3n) is 7.13. The van der Waals surface area contributed by atoms with Crippen LogP contribution in [0.15, 0.2) is 134 Å². The van der Waals surface area contributed by atoms with Crippen LogP contribution in [0.1, 0.15) is 0 Å². The minimum absolute atomic E-state index is 0.774. The summed E-state index contributed by atoms with van der Waals surface area (Å²) in [5.41, 5.74) is 7.39. The van der Waals surface area contributed by atoms with Gasteiger partial charge in [-0.25, -0.2) is 0 Å². The molecule has 0 fully saturated rings. The number of para-hydroxylation sites is 8. The van der Waals surface area contributed by atoms with Crippen LogP contribution < -0.4 is 19.3 Å². The number of hydrogen-bond donors (Lipinski definition) is 0. The lowest BCUT2D eigenvalue weighted by molar-refractivity contribution is 0.476. The fourth-order valence-electron chi connectivity index (χ4n) is 5.36. The summed E-state index contributed by atoms with van der Waals surface area (Å²) in [5.74, 6) is 3.24. The first-order chi connectivity index (χ1) is 19.8. The zero-order valence-electron chi connectivity index (χ0n) is 21.3. The van der Waals surface area contributed by atoms with E-state index < -0.39 is 0 Å². The monoisotopic (exact) mass is 518 g/mol. The molecule has 6 aromatic rings. The molecule has 0 saturated carbocycles. The fourth-order valence-corrected chi connectivity index (χ4v) is 5.36. The molecule has 6 heteroatoms. The van der Waals surface area contributed by atoms with E-state index in [4.69, 9.17) is 19.4 Å². The number of rotatable bonds is 3. The van der Waals surface area contributed by atoms with Crippen molar-refractivity contribution in [3.63, 3.8) is 0 Å². The van der Waals surface area contributed by atoms with Crippen molar-refractivity contribution in [1.82, 2.24) is 9.97 Å². The van der Waals surface area contributed by atoms with E-state index in [1.807, 2.05) is 97.3 Å². The highest BCUT2D eigenvalue weighted by molar-refractivity contribution is 5.89. The van der Waals surface area contributed by atoms with E-state index in [-0.39, 0.29) is 0 Å². The normalized spacial score (nSPS) is 12.8. The summed E-state index contributed by atoms with van der Waals surface area (Å²) in [6, 6.07) is 40.4. The third-order valence-corrected chi connectivity index (χ3v) is 7.13. The summed E-state index contributed by atoms with van der Waals surface area (Å²) in [6.45, 7) is 0. The van der Waals surface area contributed by atoms with E-state index in [1.54, 1.807) is 0 Å². The van der Waals surface area contributed by atoms with Crippen molar-refractivity contribution in [2.75, 3.05) is 9.80 Å². The molecule has 2 aliphatic rings. The van der Waals surface area contributed by atoms with Gasteiger partial charge in [-0.05, 0) is 72.8 Å². The molecular formula is C34H22N4O2. The highest BCUT2D eigenvalue weighted by atomic mass is 16.5. The highest BCUT2D eigenvalue weighted by Crippen LogP contribution is 2.52. The van der Waals surface area contributed by atoms with Crippen LogP contribution in [-0.2, 0) is 0 Å². The molecule has 2 aromatic heterocycles. The number of anilines is 6. The summed E-state index contributed by atoms with van der Waals surface area (Å²) < 4.78 is 12.4. The number of nitrogens with zero attached hydrogens (tertiary/aromatic N) is 4. The quantitative estimate of drug-likeness (QED) is 0.232. The van der Waals surface area contributed by atoms with Crippen LogP contribution in [0.4, 0.5) is 34.1 Å². The van der Waals surface area contributed by atoms with Gasteiger partial charge < -0.3 is 19.3 Å². The summed E-state index contributed by atoms with van der Waals surface area (Å²) in [5, 5.41) is 0. The zero-order valence-corrected chi connectivity index (χ0v) is 21.3. The Balaban J connectivity index is 1.24. The number of benzene rings is 4. The van der Waals surface area contributed by atoms with Gasteiger partial charge in [-0.2, -0.15) is 0 Å². The molecular weight excluding hydrogens is 496 g/mol. The Kier molecular flexibility index (Phi) is 5.03. The lowest BCUT2D eigenvalue weighted by atomic mass is 10.1. The van der Waals surface area contributed by atoms with Gasteiger partial charge in [-0.1, -0.05) is 48.5 Å².